The molecule has 2 heteroatoms. The molecule has 1 amide bonds. The topological polar surface area (TPSA) is 20.3 Å². The molecule has 100 valence electrons. The minimum Gasteiger partial charge on any atom is -0.337 e. The Balaban J connectivity index is 3.19. The second-order valence-electron chi connectivity index (χ2n) is 5.34. The summed E-state index contributed by atoms with van der Waals surface area (Å²) in [5.41, 5.74) is 1.77. The van der Waals surface area contributed by atoms with Gasteiger partial charge in [0.15, 0.2) is 0 Å². The van der Waals surface area contributed by atoms with Crippen LogP contribution >= 0.6 is 0 Å². The van der Waals surface area contributed by atoms with Crippen LogP contribution in [0.1, 0.15) is 53.0 Å². The lowest BCUT2D eigenvalue weighted by atomic mass is 9.94. The molecule has 18 heavy (non-hydrogen) atoms. The van der Waals surface area contributed by atoms with Crippen molar-refractivity contribution in [1.82, 2.24) is 4.90 Å². The number of carbonyl (C=O) groups is 1. The zero-order chi connectivity index (χ0) is 14.8. The van der Waals surface area contributed by atoms with Crippen molar-refractivity contribution in [3.8, 4) is 0 Å². The summed E-state index contributed by atoms with van der Waals surface area (Å²) in [4.78, 5) is 14.5. The van der Waals surface area contributed by atoms with Gasteiger partial charge in [-0.2, -0.15) is 0 Å². The minimum absolute atomic E-state index is 0.0983. The smallest absolute Gasteiger partial charge is 0.230 e. The Morgan fingerprint density at radius 2 is 1.61 bits per heavy atom. The lowest BCUT2D eigenvalue weighted by Crippen LogP contribution is -2.44. The molecule has 0 aliphatic carbocycles. The number of hydrogen-bond acceptors (Lipinski definition) is 1. The highest BCUT2D eigenvalue weighted by atomic mass is 16.2. The monoisotopic (exact) mass is 248 g/mol. The van der Waals surface area contributed by atoms with Crippen LogP contribution in [-0.4, -0.2) is 22.9 Å². The van der Waals surface area contributed by atoms with Gasteiger partial charge in [-0.15, -0.1) is 0 Å². The predicted octanol–water partition coefficient (Wildman–Crippen LogP) is 3.74. The van der Waals surface area contributed by atoms with Crippen molar-refractivity contribution < 1.29 is 6.17 Å². The Hall–Kier alpha value is -1.31. The van der Waals surface area contributed by atoms with Gasteiger partial charge in [-0.25, -0.2) is 0 Å². The molecule has 0 aliphatic rings. The highest BCUT2D eigenvalue weighted by molar-refractivity contribution is 5.84. The van der Waals surface area contributed by atoms with E-state index in [0.29, 0.717) is 0 Å². The molecule has 0 aliphatic heterocycles. The van der Waals surface area contributed by atoms with E-state index >= 15 is 0 Å². The van der Waals surface area contributed by atoms with Crippen molar-refractivity contribution in [1.29, 1.82) is 0 Å². The summed E-state index contributed by atoms with van der Waals surface area (Å²) in [5.74, 6) is -1.37. The lowest BCUT2D eigenvalue weighted by Gasteiger charge is -2.33. The van der Waals surface area contributed by atoms with Gasteiger partial charge in [-0.1, -0.05) is 24.3 Å². The first-order valence-electron chi connectivity index (χ1n) is 7.08. The van der Waals surface area contributed by atoms with E-state index in [1.807, 2.05) is 58.9 Å². The van der Waals surface area contributed by atoms with Crippen molar-refractivity contribution in [2.75, 3.05) is 0 Å². The molecule has 1 aromatic carbocycles. The van der Waals surface area contributed by atoms with Crippen LogP contribution < -0.4 is 0 Å². The van der Waals surface area contributed by atoms with Crippen molar-refractivity contribution in [3.63, 3.8) is 0 Å². The fraction of sp³-hybridized carbons (Fsp3) is 0.562. The van der Waals surface area contributed by atoms with E-state index in [1.165, 1.54) is 0 Å². The van der Waals surface area contributed by atoms with Gasteiger partial charge in [-0.05, 0) is 52.7 Å². The highest BCUT2D eigenvalue weighted by Crippen LogP contribution is 2.23. The first kappa shape index (κ1) is 13.1. The van der Waals surface area contributed by atoms with E-state index in [0.717, 1.165) is 11.1 Å². The van der Waals surface area contributed by atoms with Crippen LogP contribution in [0.5, 0.6) is 0 Å². The fourth-order valence-corrected chi connectivity index (χ4v) is 2.37. The molecule has 1 rings (SSSR count). The van der Waals surface area contributed by atoms with Gasteiger partial charge in [0, 0.05) is 13.5 Å². The Morgan fingerprint density at radius 1 is 1.11 bits per heavy atom. The van der Waals surface area contributed by atoms with E-state index in [2.05, 4.69) is 0 Å². The van der Waals surface area contributed by atoms with Crippen LogP contribution in [0.2, 0.25) is 0 Å². The molecular formula is C16H25NO. The van der Waals surface area contributed by atoms with Gasteiger partial charge in [0.05, 0.1) is 5.89 Å². The van der Waals surface area contributed by atoms with Gasteiger partial charge in [0.25, 0.3) is 0 Å². The van der Waals surface area contributed by atoms with Crippen LogP contribution in [0.25, 0.3) is 0 Å². The van der Waals surface area contributed by atoms with Gasteiger partial charge in [-0.3, -0.25) is 4.79 Å². The molecule has 1 atom stereocenters. The minimum atomic E-state index is -1.24. The molecule has 0 fully saturated rings. The maximum absolute atomic E-state index is 12.7. The van der Waals surface area contributed by atoms with Crippen LogP contribution in [0.3, 0.4) is 0 Å². The fourth-order valence-electron chi connectivity index (χ4n) is 2.37. The van der Waals surface area contributed by atoms with Crippen LogP contribution in [0, 0.1) is 6.92 Å². The molecular weight excluding hydrogens is 222 g/mol. The molecule has 0 saturated carbocycles. The summed E-state index contributed by atoms with van der Waals surface area (Å²) in [5, 5.41) is 0. The summed E-state index contributed by atoms with van der Waals surface area (Å²) >= 11 is 0. The van der Waals surface area contributed by atoms with Gasteiger partial charge in [0.2, 0.25) is 5.91 Å². The van der Waals surface area contributed by atoms with Crippen molar-refractivity contribution in [2.24, 2.45) is 0 Å². The maximum Gasteiger partial charge on any atom is 0.230 e. The number of nitrogens with zero attached hydrogens (tertiary/aromatic N) is 1. The molecule has 1 aromatic rings. The molecule has 2 nitrogen and oxygen atoms in total. The molecule has 0 heterocycles. The van der Waals surface area contributed by atoms with Crippen LogP contribution in [0.15, 0.2) is 24.3 Å². The molecule has 0 spiro atoms. The van der Waals surface area contributed by atoms with Gasteiger partial charge < -0.3 is 4.90 Å². The first-order valence-corrected chi connectivity index (χ1v) is 6.58. The molecule has 0 radical (unpaired) electrons. The Bertz CT molecular complexity index is 444. The summed E-state index contributed by atoms with van der Waals surface area (Å²) in [6.07, 6.45) is 0. The summed E-state index contributed by atoms with van der Waals surface area (Å²) in [6, 6.07) is 7.84. The van der Waals surface area contributed by atoms with Gasteiger partial charge in [0.1, 0.15) is 0 Å². The number of hydrogen-bond donors (Lipinski definition) is 0. The summed E-state index contributed by atoms with van der Waals surface area (Å²) in [6.45, 7) is 11.6. The summed E-state index contributed by atoms with van der Waals surface area (Å²) in [7, 11) is 0. The average Bonchev–Trinajstić information content (AvgIpc) is 2.28. The number of benzene rings is 1. The average molecular weight is 248 g/mol. The number of amides is 1. The third kappa shape index (κ3) is 3.12. The molecule has 0 N–H and O–H groups in total. The number of rotatable bonds is 4. The normalized spacial score (nSPS) is 15.4. The summed E-state index contributed by atoms with van der Waals surface area (Å²) < 4.78 is 8.54. The van der Waals surface area contributed by atoms with Crippen molar-refractivity contribution in [3.05, 3.63) is 35.4 Å². The van der Waals surface area contributed by atoms with Crippen LogP contribution in [0.4, 0.5) is 0 Å². The third-order valence-electron chi connectivity index (χ3n) is 3.22. The molecule has 0 bridgehead atoms. The maximum atomic E-state index is 12.7. The number of carbonyl (C=O) groups excluding carboxylic acids is 1. The van der Waals surface area contributed by atoms with Crippen LogP contribution in [-0.2, 0) is 4.79 Å². The van der Waals surface area contributed by atoms with Crippen molar-refractivity contribution >= 4 is 5.91 Å². The standard InChI is InChI=1S/C16H25NO/c1-11(2)17(12(3)4)16(18)14(6)15-10-8-7-9-13(15)5/h7-12,14H,1-6H3/i14D. The van der Waals surface area contributed by atoms with E-state index in [1.54, 1.807) is 11.8 Å². The lowest BCUT2D eigenvalue weighted by molar-refractivity contribution is -0.136. The second-order valence-corrected chi connectivity index (χ2v) is 5.34. The Kier molecular flexibility index (Phi) is 4.40. The highest BCUT2D eigenvalue weighted by Gasteiger charge is 2.26. The van der Waals surface area contributed by atoms with Gasteiger partial charge >= 0.3 is 0 Å². The SMILES string of the molecule is [2H]C(C)(C(=O)N(C(C)C)C(C)C)c1ccccc1C. The zero-order valence-corrected chi connectivity index (χ0v) is 12.3. The molecule has 0 saturated heterocycles. The second kappa shape index (κ2) is 6.03. The van der Waals surface area contributed by atoms with E-state index < -0.39 is 5.89 Å². The largest absolute Gasteiger partial charge is 0.337 e. The molecule has 0 aromatic heterocycles. The van der Waals surface area contributed by atoms with Crippen molar-refractivity contribution in [2.45, 2.75) is 59.5 Å². The van der Waals surface area contributed by atoms with E-state index in [9.17, 15) is 4.79 Å². The zero-order valence-electron chi connectivity index (χ0n) is 13.3. The first-order chi connectivity index (χ1) is 8.69. The molecule has 1 unspecified atom stereocenters. The van der Waals surface area contributed by atoms with E-state index in [4.69, 9.17) is 1.37 Å². The number of aryl methyl sites for hydroxylation is 1. The predicted molar refractivity (Wildman–Crippen MR) is 76.7 cm³/mol. The third-order valence-corrected chi connectivity index (χ3v) is 3.22. The van der Waals surface area contributed by atoms with E-state index in [-0.39, 0.29) is 18.0 Å². The Labute approximate surface area is 112 Å². The quantitative estimate of drug-likeness (QED) is 0.794. The Morgan fingerprint density at radius 3 is 2.06 bits per heavy atom.